The number of hydrogen-bond donors (Lipinski definition) is 2. The van der Waals surface area contributed by atoms with Crippen molar-refractivity contribution in [2.75, 3.05) is 0 Å². The van der Waals surface area contributed by atoms with Crippen molar-refractivity contribution in [2.45, 2.75) is 12.4 Å². The standard InChI is InChI=1S/C8H7ClO3/c9-6-2-1-3-7-5(6)4-8(10,11)12-7/h1-3,10-11H,4H2. The van der Waals surface area contributed by atoms with Crippen LogP contribution in [0.4, 0.5) is 0 Å². The molecule has 0 saturated carbocycles. The van der Waals surface area contributed by atoms with Gasteiger partial charge in [-0.05, 0) is 12.1 Å². The van der Waals surface area contributed by atoms with Gasteiger partial charge in [-0.1, -0.05) is 17.7 Å². The molecule has 0 fully saturated rings. The van der Waals surface area contributed by atoms with Gasteiger partial charge < -0.3 is 14.9 Å². The molecule has 1 aromatic rings. The molecule has 0 radical (unpaired) electrons. The smallest absolute Gasteiger partial charge is 0.326 e. The van der Waals surface area contributed by atoms with Crippen LogP contribution in [0.15, 0.2) is 18.2 Å². The van der Waals surface area contributed by atoms with Crippen molar-refractivity contribution in [3.05, 3.63) is 28.8 Å². The van der Waals surface area contributed by atoms with Gasteiger partial charge in [0.25, 0.3) is 0 Å². The second-order valence-electron chi connectivity index (χ2n) is 2.74. The molecule has 1 heterocycles. The molecule has 3 nitrogen and oxygen atoms in total. The Labute approximate surface area is 74.2 Å². The summed E-state index contributed by atoms with van der Waals surface area (Å²) in [6.07, 6.45) is 0.0159. The minimum atomic E-state index is -2.09. The van der Waals surface area contributed by atoms with Crippen LogP contribution in [0.3, 0.4) is 0 Å². The Morgan fingerprint density at radius 2 is 2.17 bits per heavy atom. The third-order valence-corrected chi connectivity index (χ3v) is 2.11. The summed E-state index contributed by atoms with van der Waals surface area (Å²) in [5, 5.41) is 18.7. The lowest BCUT2D eigenvalue weighted by atomic mass is 10.1. The highest BCUT2D eigenvalue weighted by atomic mass is 35.5. The molecular weight excluding hydrogens is 180 g/mol. The monoisotopic (exact) mass is 186 g/mol. The van der Waals surface area contributed by atoms with Crippen molar-refractivity contribution in [3.8, 4) is 5.75 Å². The molecule has 0 amide bonds. The summed E-state index contributed by atoms with van der Waals surface area (Å²) >= 11 is 5.79. The Balaban J connectivity index is 2.48. The van der Waals surface area contributed by atoms with Gasteiger partial charge in [0.15, 0.2) is 0 Å². The highest BCUT2D eigenvalue weighted by Gasteiger charge is 2.36. The molecule has 2 N–H and O–H groups in total. The molecule has 0 saturated heterocycles. The van der Waals surface area contributed by atoms with Crippen LogP contribution >= 0.6 is 11.6 Å². The molecule has 0 aromatic heterocycles. The summed E-state index contributed by atoms with van der Waals surface area (Å²) in [6, 6.07) is 5.03. The van der Waals surface area contributed by atoms with E-state index in [9.17, 15) is 0 Å². The molecule has 0 bridgehead atoms. The van der Waals surface area contributed by atoms with Crippen LogP contribution in [0.1, 0.15) is 5.56 Å². The zero-order valence-corrected chi connectivity index (χ0v) is 6.88. The van der Waals surface area contributed by atoms with E-state index in [0.29, 0.717) is 16.3 Å². The van der Waals surface area contributed by atoms with E-state index in [1.165, 1.54) is 0 Å². The molecule has 0 unspecified atom stereocenters. The number of aliphatic hydroxyl groups is 2. The average Bonchev–Trinajstić information content (AvgIpc) is 2.25. The quantitative estimate of drug-likeness (QED) is 0.593. The summed E-state index contributed by atoms with van der Waals surface area (Å²) in [4.78, 5) is 0. The first kappa shape index (κ1) is 7.86. The van der Waals surface area contributed by atoms with Crippen LogP contribution in [0.25, 0.3) is 0 Å². The van der Waals surface area contributed by atoms with Crippen molar-refractivity contribution in [1.82, 2.24) is 0 Å². The zero-order valence-electron chi connectivity index (χ0n) is 6.12. The normalized spacial score (nSPS) is 18.6. The van der Waals surface area contributed by atoms with E-state index in [0.717, 1.165) is 0 Å². The van der Waals surface area contributed by atoms with Crippen molar-refractivity contribution >= 4 is 11.6 Å². The highest BCUT2D eigenvalue weighted by molar-refractivity contribution is 6.31. The minimum Gasteiger partial charge on any atom is -0.439 e. The molecule has 12 heavy (non-hydrogen) atoms. The molecule has 0 atom stereocenters. The fourth-order valence-corrected chi connectivity index (χ4v) is 1.48. The fourth-order valence-electron chi connectivity index (χ4n) is 1.25. The lowest BCUT2D eigenvalue weighted by Crippen LogP contribution is -2.32. The van der Waals surface area contributed by atoms with Crippen LogP contribution in [0.2, 0.25) is 5.02 Å². The van der Waals surface area contributed by atoms with E-state index < -0.39 is 5.97 Å². The third-order valence-electron chi connectivity index (χ3n) is 1.76. The predicted molar refractivity (Wildman–Crippen MR) is 43.0 cm³/mol. The van der Waals surface area contributed by atoms with Gasteiger partial charge in [0, 0.05) is 10.6 Å². The maximum Gasteiger partial charge on any atom is 0.326 e. The second-order valence-corrected chi connectivity index (χ2v) is 3.15. The van der Waals surface area contributed by atoms with Gasteiger partial charge in [-0.25, -0.2) is 0 Å². The Hall–Kier alpha value is -0.770. The molecule has 1 aromatic carbocycles. The predicted octanol–water partition coefficient (Wildman–Crippen LogP) is 0.913. The van der Waals surface area contributed by atoms with E-state index in [2.05, 4.69) is 0 Å². The lowest BCUT2D eigenvalue weighted by molar-refractivity contribution is -0.279. The van der Waals surface area contributed by atoms with Crippen LogP contribution in [0.5, 0.6) is 5.75 Å². The van der Waals surface area contributed by atoms with Crippen LogP contribution in [-0.4, -0.2) is 16.2 Å². The lowest BCUT2D eigenvalue weighted by Gasteiger charge is -2.12. The summed E-state index contributed by atoms with van der Waals surface area (Å²) in [7, 11) is 0. The summed E-state index contributed by atoms with van der Waals surface area (Å²) in [5.41, 5.74) is 0.643. The summed E-state index contributed by atoms with van der Waals surface area (Å²) < 4.78 is 4.80. The van der Waals surface area contributed by atoms with E-state index in [1.807, 2.05) is 0 Å². The van der Waals surface area contributed by atoms with Crippen LogP contribution in [-0.2, 0) is 6.42 Å². The largest absolute Gasteiger partial charge is 0.439 e. The molecular formula is C8H7ClO3. The van der Waals surface area contributed by atoms with Gasteiger partial charge in [0.2, 0.25) is 0 Å². The average molecular weight is 187 g/mol. The van der Waals surface area contributed by atoms with Gasteiger partial charge in [-0.2, -0.15) is 0 Å². The first-order chi connectivity index (χ1) is 5.58. The number of hydrogen-bond acceptors (Lipinski definition) is 3. The molecule has 0 spiro atoms. The molecule has 2 rings (SSSR count). The number of ether oxygens (including phenoxy) is 1. The van der Waals surface area contributed by atoms with Gasteiger partial charge in [-0.3, -0.25) is 0 Å². The number of halogens is 1. The van der Waals surface area contributed by atoms with E-state index in [1.54, 1.807) is 18.2 Å². The minimum absolute atomic E-state index is 0.0159. The van der Waals surface area contributed by atoms with Crippen molar-refractivity contribution in [2.24, 2.45) is 0 Å². The first-order valence-electron chi connectivity index (χ1n) is 3.50. The van der Waals surface area contributed by atoms with Gasteiger partial charge >= 0.3 is 5.97 Å². The molecule has 1 aliphatic rings. The van der Waals surface area contributed by atoms with Crippen molar-refractivity contribution in [1.29, 1.82) is 0 Å². The SMILES string of the molecule is OC1(O)Cc2c(Cl)cccc2O1. The summed E-state index contributed by atoms with van der Waals surface area (Å²) in [6.45, 7) is 0. The van der Waals surface area contributed by atoms with Crippen molar-refractivity contribution in [3.63, 3.8) is 0 Å². The fraction of sp³-hybridized carbons (Fsp3) is 0.250. The maximum absolute atomic E-state index is 9.11. The Morgan fingerprint density at radius 1 is 1.42 bits per heavy atom. The molecule has 1 aliphatic heterocycles. The topological polar surface area (TPSA) is 49.7 Å². The number of benzene rings is 1. The maximum atomic E-state index is 9.11. The van der Waals surface area contributed by atoms with Gasteiger partial charge in [0.05, 0.1) is 6.42 Å². The van der Waals surface area contributed by atoms with Gasteiger partial charge in [0.1, 0.15) is 5.75 Å². The Bertz CT molecular complexity index is 322. The Morgan fingerprint density at radius 3 is 2.83 bits per heavy atom. The summed E-state index contributed by atoms with van der Waals surface area (Å²) in [5.74, 6) is -1.65. The van der Waals surface area contributed by atoms with E-state index in [4.69, 9.17) is 26.6 Å². The van der Waals surface area contributed by atoms with Gasteiger partial charge in [-0.15, -0.1) is 0 Å². The van der Waals surface area contributed by atoms with Crippen LogP contribution in [0, 0.1) is 0 Å². The zero-order chi connectivity index (χ0) is 8.77. The second kappa shape index (κ2) is 2.36. The number of fused-ring (bicyclic) bond motifs is 1. The first-order valence-corrected chi connectivity index (χ1v) is 3.87. The molecule has 4 heteroatoms. The van der Waals surface area contributed by atoms with E-state index in [-0.39, 0.29) is 6.42 Å². The van der Waals surface area contributed by atoms with E-state index >= 15 is 0 Å². The number of rotatable bonds is 0. The Kier molecular flexibility index (Phi) is 1.54. The van der Waals surface area contributed by atoms with Crippen LogP contribution < -0.4 is 4.74 Å². The van der Waals surface area contributed by atoms with Crippen molar-refractivity contribution < 1.29 is 14.9 Å². The molecule has 64 valence electrons. The third kappa shape index (κ3) is 1.16. The molecule has 0 aliphatic carbocycles. The highest BCUT2D eigenvalue weighted by Crippen LogP contribution is 2.36.